The van der Waals surface area contributed by atoms with Gasteiger partial charge in [0, 0.05) is 5.41 Å². The summed E-state index contributed by atoms with van der Waals surface area (Å²) in [6, 6.07) is -0.613. The van der Waals surface area contributed by atoms with Crippen molar-refractivity contribution in [3.8, 4) is 0 Å². The third-order valence-electron chi connectivity index (χ3n) is 1.37. The number of carbonyl (C=O) groups is 2. The minimum Gasteiger partial charge on any atom is -0.345 e. The molecule has 70 valence electrons. The zero-order valence-electron chi connectivity index (χ0n) is 7.77. The van der Waals surface area contributed by atoms with E-state index in [1.54, 1.807) is 27.7 Å². The van der Waals surface area contributed by atoms with E-state index in [0.717, 1.165) is 0 Å². The summed E-state index contributed by atoms with van der Waals surface area (Å²) in [5.41, 5.74) is -0.486. The molecule has 1 amide bonds. The van der Waals surface area contributed by atoms with Gasteiger partial charge in [-0.3, -0.25) is 9.59 Å². The summed E-state index contributed by atoms with van der Waals surface area (Å²) in [7, 11) is 0. The Morgan fingerprint density at radius 2 is 1.75 bits per heavy atom. The van der Waals surface area contributed by atoms with Gasteiger partial charge in [-0.2, -0.15) is 0 Å². The van der Waals surface area contributed by atoms with Gasteiger partial charge in [-0.15, -0.1) is 0 Å². The van der Waals surface area contributed by atoms with E-state index in [0.29, 0.717) is 0 Å². The van der Waals surface area contributed by atoms with Crippen LogP contribution >= 0.6 is 11.6 Å². The molecule has 0 radical (unpaired) electrons. The van der Waals surface area contributed by atoms with Crippen molar-refractivity contribution >= 4 is 22.8 Å². The van der Waals surface area contributed by atoms with E-state index in [9.17, 15) is 9.59 Å². The Labute approximate surface area is 77.5 Å². The molecule has 0 aromatic carbocycles. The fraction of sp³-hybridized carbons (Fsp3) is 0.750. The molecule has 0 bridgehead atoms. The molecule has 3 nitrogen and oxygen atoms in total. The Hall–Kier alpha value is -0.570. The number of hydrogen-bond donors (Lipinski definition) is 1. The Kier molecular flexibility index (Phi) is 3.71. The maximum absolute atomic E-state index is 11.3. The lowest BCUT2D eigenvalue weighted by Gasteiger charge is -2.19. The average molecular weight is 192 g/mol. The summed E-state index contributed by atoms with van der Waals surface area (Å²) >= 11 is 5.17. The lowest BCUT2D eigenvalue weighted by Crippen LogP contribution is -2.42. The van der Waals surface area contributed by atoms with Gasteiger partial charge in [0.1, 0.15) is 6.04 Å². The highest BCUT2D eigenvalue weighted by Crippen LogP contribution is 2.12. The Balaban J connectivity index is 4.11. The summed E-state index contributed by atoms with van der Waals surface area (Å²) in [6.07, 6.45) is 0. The highest BCUT2D eigenvalue weighted by atomic mass is 35.5. The van der Waals surface area contributed by atoms with Crippen molar-refractivity contribution in [2.24, 2.45) is 5.41 Å². The predicted octanol–water partition coefficient (Wildman–Crippen LogP) is 1.30. The second-order valence-electron chi connectivity index (χ2n) is 3.75. The highest BCUT2D eigenvalue weighted by Gasteiger charge is 2.24. The SMILES string of the molecule is CC(NC(=O)C(C)(C)C)C(=O)Cl. The fourth-order valence-corrected chi connectivity index (χ4v) is 0.524. The van der Waals surface area contributed by atoms with Crippen molar-refractivity contribution in [3.05, 3.63) is 0 Å². The van der Waals surface area contributed by atoms with Crippen LogP contribution in [0.15, 0.2) is 0 Å². The minimum absolute atomic E-state index is 0.177. The number of amides is 1. The molecular weight excluding hydrogens is 178 g/mol. The second kappa shape index (κ2) is 3.90. The molecule has 0 aliphatic carbocycles. The topological polar surface area (TPSA) is 46.2 Å². The highest BCUT2D eigenvalue weighted by molar-refractivity contribution is 6.64. The molecule has 0 saturated heterocycles. The first-order valence-corrected chi connectivity index (χ1v) is 4.13. The molecule has 0 rings (SSSR count). The van der Waals surface area contributed by atoms with E-state index >= 15 is 0 Å². The van der Waals surface area contributed by atoms with Crippen molar-refractivity contribution < 1.29 is 9.59 Å². The van der Waals surface area contributed by atoms with Crippen molar-refractivity contribution in [1.29, 1.82) is 0 Å². The third kappa shape index (κ3) is 3.72. The first-order chi connectivity index (χ1) is 5.25. The maximum atomic E-state index is 11.3. The molecule has 0 saturated carbocycles. The number of carbonyl (C=O) groups excluding carboxylic acids is 2. The lowest BCUT2D eigenvalue weighted by atomic mass is 9.95. The van der Waals surface area contributed by atoms with Gasteiger partial charge in [-0.05, 0) is 18.5 Å². The van der Waals surface area contributed by atoms with Crippen LogP contribution in [0.1, 0.15) is 27.7 Å². The van der Waals surface area contributed by atoms with Gasteiger partial charge in [0.15, 0.2) is 0 Å². The van der Waals surface area contributed by atoms with E-state index in [2.05, 4.69) is 5.32 Å². The van der Waals surface area contributed by atoms with Gasteiger partial charge in [0.05, 0.1) is 0 Å². The Morgan fingerprint density at radius 3 is 2.00 bits per heavy atom. The molecule has 4 heteroatoms. The van der Waals surface area contributed by atoms with Crippen LogP contribution < -0.4 is 5.32 Å². The van der Waals surface area contributed by atoms with Crippen LogP contribution in [-0.4, -0.2) is 17.2 Å². The van der Waals surface area contributed by atoms with E-state index in [1.807, 2.05) is 0 Å². The van der Waals surface area contributed by atoms with Crippen LogP contribution in [0.2, 0.25) is 0 Å². The molecule has 0 aliphatic heterocycles. The summed E-state index contributed by atoms with van der Waals surface area (Å²) in [4.78, 5) is 21.8. The fourth-order valence-electron chi connectivity index (χ4n) is 0.470. The quantitative estimate of drug-likeness (QED) is 0.669. The molecular formula is C8H14ClNO2. The molecule has 1 N–H and O–H groups in total. The van der Waals surface area contributed by atoms with Crippen molar-refractivity contribution in [2.45, 2.75) is 33.7 Å². The summed E-state index contributed by atoms with van der Waals surface area (Å²) in [5, 5.41) is 1.95. The molecule has 1 atom stereocenters. The van der Waals surface area contributed by atoms with Crippen LogP contribution in [-0.2, 0) is 9.59 Å². The summed E-state index contributed by atoms with van der Waals surface area (Å²) in [5.74, 6) is -0.177. The van der Waals surface area contributed by atoms with Crippen LogP contribution in [0, 0.1) is 5.41 Å². The standard InChI is InChI=1S/C8H14ClNO2/c1-5(6(9)11)10-7(12)8(2,3)4/h5H,1-4H3,(H,10,12). The second-order valence-corrected chi connectivity index (χ2v) is 4.12. The van der Waals surface area contributed by atoms with Gasteiger partial charge in [0.25, 0.3) is 0 Å². The molecule has 12 heavy (non-hydrogen) atoms. The molecule has 0 heterocycles. The molecule has 0 aromatic heterocycles. The van der Waals surface area contributed by atoms with Gasteiger partial charge >= 0.3 is 0 Å². The molecule has 0 aliphatic rings. The van der Waals surface area contributed by atoms with Crippen molar-refractivity contribution in [1.82, 2.24) is 5.32 Å². The van der Waals surface area contributed by atoms with Crippen molar-refractivity contribution in [2.75, 3.05) is 0 Å². The predicted molar refractivity (Wildman–Crippen MR) is 47.9 cm³/mol. The van der Waals surface area contributed by atoms with Crippen LogP contribution in [0.5, 0.6) is 0 Å². The first kappa shape index (κ1) is 11.4. The molecule has 0 fully saturated rings. The van der Waals surface area contributed by atoms with Gasteiger partial charge in [0.2, 0.25) is 11.1 Å². The smallest absolute Gasteiger partial charge is 0.243 e. The normalized spacial score (nSPS) is 13.8. The van der Waals surface area contributed by atoms with E-state index in [-0.39, 0.29) is 5.91 Å². The number of nitrogens with one attached hydrogen (secondary N) is 1. The monoisotopic (exact) mass is 191 g/mol. The lowest BCUT2D eigenvalue weighted by molar-refractivity contribution is -0.131. The van der Waals surface area contributed by atoms with Crippen LogP contribution in [0.3, 0.4) is 0 Å². The van der Waals surface area contributed by atoms with E-state index in [4.69, 9.17) is 11.6 Å². The van der Waals surface area contributed by atoms with E-state index < -0.39 is 16.7 Å². The number of rotatable bonds is 2. The van der Waals surface area contributed by atoms with Gasteiger partial charge in [-0.25, -0.2) is 0 Å². The molecule has 1 unspecified atom stereocenters. The van der Waals surface area contributed by atoms with Crippen LogP contribution in [0.4, 0.5) is 0 Å². The average Bonchev–Trinajstić information content (AvgIpc) is 1.85. The van der Waals surface area contributed by atoms with Crippen LogP contribution in [0.25, 0.3) is 0 Å². The Morgan fingerprint density at radius 1 is 1.33 bits per heavy atom. The molecule has 0 spiro atoms. The third-order valence-corrected chi connectivity index (χ3v) is 1.70. The van der Waals surface area contributed by atoms with Crippen molar-refractivity contribution in [3.63, 3.8) is 0 Å². The zero-order chi connectivity index (χ0) is 9.94. The Bertz CT molecular complexity index is 196. The summed E-state index contributed by atoms with van der Waals surface area (Å²) in [6.45, 7) is 6.87. The maximum Gasteiger partial charge on any atom is 0.243 e. The number of hydrogen-bond acceptors (Lipinski definition) is 2. The summed E-state index contributed by atoms with van der Waals surface area (Å²) < 4.78 is 0. The molecule has 0 aromatic rings. The van der Waals surface area contributed by atoms with Gasteiger partial charge < -0.3 is 5.32 Å². The largest absolute Gasteiger partial charge is 0.345 e. The minimum atomic E-state index is -0.613. The van der Waals surface area contributed by atoms with Gasteiger partial charge in [-0.1, -0.05) is 20.8 Å². The number of halogens is 1. The first-order valence-electron chi connectivity index (χ1n) is 3.75. The zero-order valence-corrected chi connectivity index (χ0v) is 8.53. The van der Waals surface area contributed by atoms with E-state index in [1.165, 1.54) is 0 Å².